The zero-order chi connectivity index (χ0) is 17.3. The summed E-state index contributed by atoms with van der Waals surface area (Å²) in [5.41, 5.74) is 3.02. The van der Waals surface area contributed by atoms with Crippen molar-refractivity contribution >= 4 is 22.5 Å². The van der Waals surface area contributed by atoms with Crippen molar-refractivity contribution in [3.05, 3.63) is 66.0 Å². The molecule has 1 aliphatic heterocycles. The molecule has 6 nitrogen and oxygen atoms in total. The second kappa shape index (κ2) is 6.38. The molecule has 0 radical (unpaired) electrons. The van der Waals surface area contributed by atoms with Crippen molar-refractivity contribution in [3.63, 3.8) is 0 Å². The number of ether oxygens (including phenoxy) is 1. The third kappa shape index (κ3) is 2.59. The molecule has 1 fully saturated rings. The molecule has 0 atom stereocenters. The van der Waals surface area contributed by atoms with Gasteiger partial charge < -0.3 is 9.64 Å². The summed E-state index contributed by atoms with van der Waals surface area (Å²) < 4.78 is 7.63. The van der Waals surface area contributed by atoms with Crippen LogP contribution in [0, 0.1) is 0 Å². The number of morpholine rings is 1. The number of anilines is 1. The fourth-order valence-electron chi connectivity index (χ4n) is 3.49. The monoisotopic (exact) mass is 345 g/mol. The number of aromatic nitrogens is 4. The lowest BCUT2D eigenvalue weighted by Gasteiger charge is -2.28. The van der Waals surface area contributed by atoms with E-state index in [4.69, 9.17) is 9.72 Å². The molecule has 1 aliphatic rings. The van der Waals surface area contributed by atoms with Gasteiger partial charge in [-0.3, -0.25) is 0 Å². The quantitative estimate of drug-likeness (QED) is 0.571. The molecule has 0 N–H and O–H groups in total. The molecule has 0 bridgehead atoms. The van der Waals surface area contributed by atoms with Gasteiger partial charge >= 0.3 is 0 Å². The van der Waals surface area contributed by atoms with Crippen LogP contribution in [0.2, 0.25) is 0 Å². The van der Waals surface area contributed by atoms with Crippen molar-refractivity contribution in [1.82, 2.24) is 19.6 Å². The van der Waals surface area contributed by atoms with Gasteiger partial charge in [-0.2, -0.15) is 0 Å². The summed E-state index contributed by atoms with van der Waals surface area (Å²) >= 11 is 0. The third-order valence-corrected chi connectivity index (χ3v) is 4.79. The van der Waals surface area contributed by atoms with Gasteiger partial charge in [-0.15, -0.1) is 10.2 Å². The molecule has 5 rings (SSSR count). The van der Waals surface area contributed by atoms with Crippen LogP contribution in [0.25, 0.3) is 16.6 Å². The van der Waals surface area contributed by atoms with Crippen molar-refractivity contribution in [2.24, 2.45) is 0 Å². The van der Waals surface area contributed by atoms with Crippen LogP contribution in [0.15, 0.2) is 54.6 Å². The van der Waals surface area contributed by atoms with Crippen LogP contribution in [-0.4, -0.2) is 45.9 Å². The normalized spacial score (nSPS) is 15.0. The predicted octanol–water partition coefficient (Wildman–Crippen LogP) is 2.70. The Kier molecular flexibility index (Phi) is 3.75. The van der Waals surface area contributed by atoms with E-state index in [0.717, 1.165) is 47.8 Å². The maximum atomic E-state index is 5.52. The standard InChI is InChI=1S/C20H19N5O/c1-2-6-15(7-3-1)14-18-22-23-19-16-8-4-5-9-17(16)21-20(25(18)19)24-10-12-26-13-11-24/h1-9H,10-14H2. The van der Waals surface area contributed by atoms with Crippen molar-refractivity contribution in [2.45, 2.75) is 6.42 Å². The molecule has 0 amide bonds. The number of nitrogens with zero attached hydrogens (tertiary/aromatic N) is 5. The minimum atomic E-state index is 0.714. The largest absolute Gasteiger partial charge is 0.378 e. The first-order valence-corrected chi connectivity index (χ1v) is 8.89. The Labute approximate surface area is 151 Å². The Balaban J connectivity index is 1.72. The highest BCUT2D eigenvalue weighted by atomic mass is 16.5. The highest BCUT2D eigenvalue weighted by Gasteiger charge is 2.21. The maximum absolute atomic E-state index is 5.52. The summed E-state index contributed by atoms with van der Waals surface area (Å²) in [6.07, 6.45) is 0.722. The Morgan fingerprint density at radius 3 is 2.50 bits per heavy atom. The topological polar surface area (TPSA) is 55.5 Å². The molecule has 130 valence electrons. The lowest BCUT2D eigenvalue weighted by Crippen LogP contribution is -2.38. The average Bonchev–Trinajstić information content (AvgIpc) is 3.13. The van der Waals surface area contributed by atoms with E-state index in [-0.39, 0.29) is 0 Å². The molecule has 6 heteroatoms. The number of rotatable bonds is 3. The van der Waals surface area contributed by atoms with E-state index in [1.54, 1.807) is 0 Å². The Bertz CT molecular complexity index is 1050. The molecule has 1 saturated heterocycles. The summed E-state index contributed by atoms with van der Waals surface area (Å²) in [5, 5.41) is 10.0. The highest BCUT2D eigenvalue weighted by molar-refractivity contribution is 5.92. The lowest BCUT2D eigenvalue weighted by atomic mass is 10.1. The number of fused-ring (bicyclic) bond motifs is 3. The van der Waals surface area contributed by atoms with Gasteiger partial charge in [0.25, 0.3) is 0 Å². The number of para-hydroxylation sites is 1. The molecule has 4 aromatic rings. The van der Waals surface area contributed by atoms with E-state index in [9.17, 15) is 0 Å². The molecular formula is C20H19N5O. The maximum Gasteiger partial charge on any atom is 0.213 e. The van der Waals surface area contributed by atoms with E-state index in [2.05, 4.69) is 49.8 Å². The summed E-state index contributed by atoms with van der Waals surface area (Å²) in [7, 11) is 0. The van der Waals surface area contributed by atoms with Gasteiger partial charge in [0.05, 0.1) is 18.7 Å². The van der Waals surface area contributed by atoms with Gasteiger partial charge in [-0.05, 0) is 17.7 Å². The smallest absolute Gasteiger partial charge is 0.213 e. The van der Waals surface area contributed by atoms with Crippen molar-refractivity contribution < 1.29 is 4.74 Å². The fraction of sp³-hybridized carbons (Fsp3) is 0.250. The zero-order valence-corrected chi connectivity index (χ0v) is 14.4. The summed E-state index contributed by atoms with van der Waals surface area (Å²) in [6, 6.07) is 18.5. The molecule has 0 aliphatic carbocycles. The summed E-state index contributed by atoms with van der Waals surface area (Å²) in [5.74, 6) is 1.81. The van der Waals surface area contributed by atoms with Gasteiger partial charge in [0, 0.05) is 24.9 Å². The van der Waals surface area contributed by atoms with Crippen LogP contribution >= 0.6 is 0 Å². The molecule has 2 aromatic carbocycles. The minimum Gasteiger partial charge on any atom is -0.378 e. The molecule has 3 heterocycles. The van der Waals surface area contributed by atoms with Crippen LogP contribution < -0.4 is 4.90 Å². The van der Waals surface area contributed by atoms with Gasteiger partial charge in [-0.25, -0.2) is 9.38 Å². The van der Waals surface area contributed by atoms with Gasteiger partial charge in [0.2, 0.25) is 5.95 Å². The van der Waals surface area contributed by atoms with Crippen LogP contribution in [0.3, 0.4) is 0 Å². The van der Waals surface area contributed by atoms with Crippen molar-refractivity contribution in [3.8, 4) is 0 Å². The van der Waals surface area contributed by atoms with E-state index in [1.807, 2.05) is 24.3 Å². The van der Waals surface area contributed by atoms with Gasteiger partial charge in [0.15, 0.2) is 5.65 Å². The Hall–Kier alpha value is -2.99. The molecule has 0 saturated carbocycles. The fourth-order valence-corrected chi connectivity index (χ4v) is 3.49. The highest BCUT2D eigenvalue weighted by Crippen LogP contribution is 2.25. The van der Waals surface area contributed by atoms with Crippen LogP contribution in [0.1, 0.15) is 11.4 Å². The number of hydrogen-bond donors (Lipinski definition) is 0. The summed E-state index contributed by atoms with van der Waals surface area (Å²) in [4.78, 5) is 7.22. The molecular weight excluding hydrogens is 326 g/mol. The van der Waals surface area contributed by atoms with Crippen LogP contribution in [0.5, 0.6) is 0 Å². The van der Waals surface area contributed by atoms with E-state index >= 15 is 0 Å². The SMILES string of the molecule is c1ccc(Cc2nnc3c4ccccc4nc(N4CCOCC4)n23)cc1. The average molecular weight is 345 g/mol. The first-order chi connectivity index (χ1) is 12.9. The van der Waals surface area contributed by atoms with Crippen molar-refractivity contribution in [2.75, 3.05) is 31.2 Å². The lowest BCUT2D eigenvalue weighted by molar-refractivity contribution is 0.122. The molecule has 2 aromatic heterocycles. The molecule has 26 heavy (non-hydrogen) atoms. The third-order valence-electron chi connectivity index (χ3n) is 4.79. The second-order valence-electron chi connectivity index (χ2n) is 6.47. The first kappa shape index (κ1) is 15.3. The van der Waals surface area contributed by atoms with Gasteiger partial charge in [-0.1, -0.05) is 42.5 Å². The molecule has 0 spiro atoms. The Morgan fingerprint density at radius 1 is 0.885 bits per heavy atom. The van der Waals surface area contributed by atoms with Gasteiger partial charge in [0.1, 0.15) is 5.82 Å². The second-order valence-corrected chi connectivity index (χ2v) is 6.47. The van der Waals surface area contributed by atoms with Crippen LogP contribution in [0.4, 0.5) is 5.95 Å². The zero-order valence-electron chi connectivity index (χ0n) is 14.4. The predicted molar refractivity (Wildman–Crippen MR) is 101 cm³/mol. The van der Waals surface area contributed by atoms with E-state index in [0.29, 0.717) is 13.2 Å². The van der Waals surface area contributed by atoms with E-state index < -0.39 is 0 Å². The molecule has 0 unspecified atom stereocenters. The number of benzene rings is 2. The Morgan fingerprint density at radius 2 is 1.65 bits per heavy atom. The first-order valence-electron chi connectivity index (χ1n) is 8.89. The minimum absolute atomic E-state index is 0.714. The summed E-state index contributed by atoms with van der Waals surface area (Å²) in [6.45, 7) is 3.07. The van der Waals surface area contributed by atoms with E-state index in [1.165, 1.54) is 5.56 Å². The van der Waals surface area contributed by atoms with Crippen molar-refractivity contribution in [1.29, 1.82) is 0 Å². The van der Waals surface area contributed by atoms with Crippen LogP contribution in [-0.2, 0) is 11.2 Å². The number of hydrogen-bond acceptors (Lipinski definition) is 5.